The summed E-state index contributed by atoms with van der Waals surface area (Å²) < 4.78 is 0. The van der Waals surface area contributed by atoms with Gasteiger partial charge >= 0.3 is 0 Å². The van der Waals surface area contributed by atoms with Crippen LogP contribution in [0.4, 0.5) is 0 Å². The zero-order valence-electron chi connectivity index (χ0n) is 15.5. The molecule has 1 aliphatic rings. The van der Waals surface area contributed by atoms with E-state index < -0.39 is 0 Å². The highest BCUT2D eigenvalue weighted by Crippen LogP contribution is 2.13. The summed E-state index contributed by atoms with van der Waals surface area (Å²) in [6.45, 7) is 8.35. The molecule has 8 heteroatoms. The number of hydrogen-bond donors (Lipinski definition) is 2. The number of thiazole rings is 1. The molecule has 0 saturated carbocycles. The van der Waals surface area contributed by atoms with E-state index in [-0.39, 0.29) is 35.8 Å². The van der Waals surface area contributed by atoms with Crippen LogP contribution in [-0.2, 0) is 17.8 Å². The molecular formula is C17H30IN5OS. The van der Waals surface area contributed by atoms with Crippen molar-refractivity contribution in [2.75, 3.05) is 20.1 Å². The van der Waals surface area contributed by atoms with Gasteiger partial charge in [-0.3, -0.25) is 9.79 Å². The van der Waals surface area contributed by atoms with Crippen LogP contribution in [0.2, 0.25) is 0 Å². The Kier molecular flexibility index (Phi) is 9.70. The van der Waals surface area contributed by atoms with Crippen LogP contribution < -0.4 is 10.6 Å². The number of hydrogen-bond acceptors (Lipinski definition) is 4. The van der Waals surface area contributed by atoms with Crippen molar-refractivity contribution < 1.29 is 4.79 Å². The summed E-state index contributed by atoms with van der Waals surface area (Å²) in [5.41, 5.74) is 1.05. The lowest BCUT2D eigenvalue weighted by atomic mass is 10.0. The summed E-state index contributed by atoms with van der Waals surface area (Å²) in [4.78, 5) is 22.9. The molecule has 1 aliphatic heterocycles. The zero-order chi connectivity index (χ0) is 17.5. The van der Waals surface area contributed by atoms with Gasteiger partial charge < -0.3 is 15.5 Å². The molecular weight excluding hydrogens is 449 g/mol. The maximum atomic E-state index is 12.0. The summed E-state index contributed by atoms with van der Waals surface area (Å²) in [6.07, 6.45) is 2.89. The number of carbonyl (C=O) groups is 1. The lowest BCUT2D eigenvalue weighted by Crippen LogP contribution is -2.50. The second-order valence-electron chi connectivity index (χ2n) is 6.41. The van der Waals surface area contributed by atoms with E-state index in [4.69, 9.17) is 0 Å². The molecule has 0 atom stereocenters. The predicted molar refractivity (Wildman–Crippen MR) is 115 cm³/mol. The minimum absolute atomic E-state index is 0. The van der Waals surface area contributed by atoms with Crippen molar-refractivity contribution in [3.8, 4) is 0 Å². The second kappa shape index (κ2) is 10.9. The fourth-order valence-corrected chi connectivity index (χ4v) is 3.51. The summed E-state index contributed by atoms with van der Waals surface area (Å²) in [5.74, 6) is 1.14. The monoisotopic (exact) mass is 479 g/mol. The van der Waals surface area contributed by atoms with Crippen LogP contribution in [0.1, 0.15) is 44.3 Å². The Labute approximate surface area is 171 Å². The third-order valence-electron chi connectivity index (χ3n) is 4.20. The van der Waals surface area contributed by atoms with Crippen LogP contribution in [0.3, 0.4) is 0 Å². The van der Waals surface area contributed by atoms with Crippen LogP contribution in [0.25, 0.3) is 0 Å². The Morgan fingerprint density at radius 2 is 2.12 bits per heavy atom. The molecule has 0 spiro atoms. The molecule has 1 aromatic heterocycles. The molecule has 25 heavy (non-hydrogen) atoms. The van der Waals surface area contributed by atoms with Crippen molar-refractivity contribution in [1.29, 1.82) is 0 Å². The van der Waals surface area contributed by atoms with Crippen LogP contribution in [0.5, 0.6) is 0 Å². The Morgan fingerprint density at radius 1 is 1.44 bits per heavy atom. The first kappa shape index (κ1) is 22.1. The van der Waals surface area contributed by atoms with Crippen molar-refractivity contribution >= 4 is 47.2 Å². The molecule has 0 bridgehead atoms. The van der Waals surface area contributed by atoms with Gasteiger partial charge in [-0.1, -0.05) is 20.8 Å². The highest BCUT2D eigenvalue weighted by molar-refractivity contribution is 14.0. The number of nitrogens with zero attached hydrogens (tertiary/aromatic N) is 3. The van der Waals surface area contributed by atoms with Gasteiger partial charge in [0.25, 0.3) is 0 Å². The van der Waals surface area contributed by atoms with Crippen molar-refractivity contribution in [3.63, 3.8) is 0 Å². The maximum Gasteiger partial charge on any atom is 0.225 e. The van der Waals surface area contributed by atoms with Gasteiger partial charge in [-0.25, -0.2) is 4.98 Å². The normalized spacial score (nSPS) is 15.9. The molecule has 2 N–H and O–H groups in total. The first-order valence-electron chi connectivity index (χ1n) is 8.72. The molecule has 1 aromatic rings. The molecule has 0 unspecified atom stereocenters. The average Bonchev–Trinajstić information content (AvgIpc) is 3.06. The van der Waals surface area contributed by atoms with Gasteiger partial charge in [-0.15, -0.1) is 35.3 Å². The number of aromatic nitrogens is 1. The van der Waals surface area contributed by atoms with E-state index in [1.165, 1.54) is 0 Å². The number of rotatable bonds is 5. The number of aryl methyl sites for hydroxylation is 1. The fourth-order valence-electron chi connectivity index (χ4n) is 2.76. The van der Waals surface area contributed by atoms with E-state index in [9.17, 15) is 4.79 Å². The molecule has 2 heterocycles. The quantitative estimate of drug-likeness (QED) is 0.387. The van der Waals surface area contributed by atoms with Crippen LogP contribution >= 0.6 is 35.3 Å². The molecule has 1 saturated heterocycles. The lowest BCUT2D eigenvalue weighted by Gasteiger charge is -2.34. The molecule has 142 valence electrons. The molecule has 0 radical (unpaired) electrons. The first-order valence-corrected chi connectivity index (χ1v) is 9.60. The number of guanidine groups is 1. The summed E-state index contributed by atoms with van der Waals surface area (Å²) in [6, 6.07) is 0.356. The van der Waals surface area contributed by atoms with Crippen molar-refractivity contribution in [3.05, 3.63) is 16.1 Å². The summed E-state index contributed by atoms with van der Waals surface area (Å²) >= 11 is 1.70. The van der Waals surface area contributed by atoms with Crippen molar-refractivity contribution in [2.24, 2.45) is 10.9 Å². The summed E-state index contributed by atoms with van der Waals surface area (Å²) in [5, 5.41) is 10.0. The van der Waals surface area contributed by atoms with Crippen LogP contribution in [-0.4, -0.2) is 47.9 Å². The maximum absolute atomic E-state index is 12.0. The highest BCUT2D eigenvalue weighted by Gasteiger charge is 2.24. The lowest BCUT2D eigenvalue weighted by molar-refractivity contribution is -0.135. The predicted octanol–water partition coefficient (Wildman–Crippen LogP) is 2.64. The van der Waals surface area contributed by atoms with Gasteiger partial charge in [0.1, 0.15) is 0 Å². The van der Waals surface area contributed by atoms with Gasteiger partial charge in [0.05, 0.1) is 17.2 Å². The highest BCUT2D eigenvalue weighted by atomic mass is 127. The number of piperidine rings is 1. The molecule has 1 amide bonds. The number of aliphatic imine (C=N–C) groups is 1. The number of amides is 1. The first-order chi connectivity index (χ1) is 11.5. The number of nitrogens with one attached hydrogen (secondary N) is 2. The topological polar surface area (TPSA) is 69.6 Å². The summed E-state index contributed by atoms with van der Waals surface area (Å²) in [7, 11) is 1.78. The zero-order valence-corrected chi connectivity index (χ0v) is 18.7. The van der Waals surface area contributed by atoms with Crippen LogP contribution in [0, 0.1) is 5.92 Å². The Balaban J connectivity index is 0.00000312. The number of carbonyl (C=O) groups excluding carboxylic acids is 1. The van der Waals surface area contributed by atoms with Gasteiger partial charge in [0, 0.05) is 37.5 Å². The molecule has 6 nitrogen and oxygen atoms in total. The van der Waals surface area contributed by atoms with E-state index >= 15 is 0 Å². The molecule has 1 fully saturated rings. The Bertz CT molecular complexity index is 567. The third kappa shape index (κ3) is 6.73. The average molecular weight is 479 g/mol. The standard InChI is InChI=1S/C17H29N5OS.HI/c1-5-15-20-14(11-24-15)10-19-17(18-4)21-13-6-8-22(9-7-13)16(23)12(2)3;/h11-13H,5-10H2,1-4H3,(H2,18,19,21);1H. The van der Waals surface area contributed by atoms with E-state index in [0.29, 0.717) is 12.6 Å². The van der Waals surface area contributed by atoms with E-state index in [0.717, 1.165) is 49.0 Å². The largest absolute Gasteiger partial charge is 0.354 e. The van der Waals surface area contributed by atoms with Gasteiger partial charge in [0.2, 0.25) is 5.91 Å². The van der Waals surface area contributed by atoms with Crippen LogP contribution in [0.15, 0.2) is 10.4 Å². The van der Waals surface area contributed by atoms with Crippen molar-refractivity contribution in [1.82, 2.24) is 20.5 Å². The second-order valence-corrected chi connectivity index (χ2v) is 7.35. The minimum atomic E-state index is 0. The Morgan fingerprint density at radius 3 is 2.64 bits per heavy atom. The van der Waals surface area contributed by atoms with Gasteiger partial charge in [-0.2, -0.15) is 0 Å². The Hall–Kier alpha value is -0.900. The van der Waals surface area contributed by atoms with Crippen molar-refractivity contribution in [2.45, 2.75) is 52.6 Å². The molecule has 0 aromatic carbocycles. The minimum Gasteiger partial charge on any atom is -0.354 e. The molecule has 0 aliphatic carbocycles. The fraction of sp³-hybridized carbons (Fsp3) is 0.706. The van der Waals surface area contributed by atoms with Gasteiger partial charge in [0.15, 0.2) is 5.96 Å². The third-order valence-corrected chi connectivity index (χ3v) is 5.25. The van der Waals surface area contributed by atoms with Gasteiger partial charge in [-0.05, 0) is 19.3 Å². The molecule has 2 rings (SSSR count). The smallest absolute Gasteiger partial charge is 0.225 e. The van der Waals surface area contributed by atoms with E-state index in [1.807, 2.05) is 18.7 Å². The number of likely N-dealkylation sites (tertiary alicyclic amines) is 1. The number of halogens is 1. The van der Waals surface area contributed by atoms with E-state index in [1.54, 1.807) is 18.4 Å². The van der Waals surface area contributed by atoms with E-state index in [2.05, 4.69) is 32.9 Å². The SMILES string of the molecule is CCc1nc(CNC(=NC)NC2CCN(C(=O)C(C)C)CC2)cs1.I.